The molecule has 0 spiro atoms. The minimum absolute atomic E-state index is 0.461. The molecule has 0 radical (unpaired) electrons. The minimum atomic E-state index is 0.461. The summed E-state index contributed by atoms with van der Waals surface area (Å²) in [5, 5.41) is 0.693. The van der Waals surface area contributed by atoms with Crippen LogP contribution in [0.1, 0.15) is 5.56 Å². The predicted octanol–water partition coefficient (Wildman–Crippen LogP) is 3.17. The van der Waals surface area contributed by atoms with Gasteiger partial charge in [-0.05, 0) is 42.8 Å². The molecule has 3 N–H and O–H groups in total. The lowest BCUT2D eigenvalue weighted by Gasteiger charge is -2.00. The fraction of sp³-hybridized carbons (Fsp3) is 0.0769. The third kappa shape index (κ3) is 1.91. The van der Waals surface area contributed by atoms with Crippen molar-refractivity contribution in [1.82, 2.24) is 15.0 Å². The third-order valence-electron chi connectivity index (χ3n) is 2.68. The molecule has 5 heteroatoms. The van der Waals surface area contributed by atoms with Gasteiger partial charge in [0.1, 0.15) is 11.6 Å². The number of aromatic nitrogens is 3. The van der Waals surface area contributed by atoms with E-state index in [2.05, 4.69) is 15.0 Å². The molecule has 0 aliphatic heterocycles. The van der Waals surface area contributed by atoms with E-state index in [9.17, 15) is 0 Å². The normalized spacial score (nSPS) is 11.0. The molecule has 0 saturated carbocycles. The number of rotatable bonds is 1. The van der Waals surface area contributed by atoms with Gasteiger partial charge in [-0.25, -0.2) is 9.97 Å². The number of nitrogens with two attached hydrogens (primary N) is 1. The molecule has 2 aromatic heterocycles. The van der Waals surface area contributed by atoms with Crippen LogP contribution in [0.4, 0.5) is 5.82 Å². The van der Waals surface area contributed by atoms with E-state index in [0.717, 1.165) is 22.5 Å². The molecule has 18 heavy (non-hydrogen) atoms. The summed E-state index contributed by atoms with van der Waals surface area (Å²) < 4.78 is 0. The van der Waals surface area contributed by atoms with Gasteiger partial charge in [-0.1, -0.05) is 11.6 Å². The van der Waals surface area contributed by atoms with E-state index >= 15 is 0 Å². The van der Waals surface area contributed by atoms with Crippen LogP contribution >= 0.6 is 11.6 Å². The van der Waals surface area contributed by atoms with Crippen LogP contribution in [0.3, 0.4) is 0 Å². The van der Waals surface area contributed by atoms with Gasteiger partial charge in [-0.3, -0.25) is 0 Å². The quantitative estimate of drug-likeness (QED) is 0.704. The van der Waals surface area contributed by atoms with E-state index in [-0.39, 0.29) is 0 Å². The first-order valence-electron chi connectivity index (χ1n) is 5.51. The van der Waals surface area contributed by atoms with Gasteiger partial charge in [0.05, 0.1) is 5.52 Å². The van der Waals surface area contributed by atoms with Crippen molar-refractivity contribution in [3.05, 3.63) is 40.9 Å². The van der Waals surface area contributed by atoms with Crippen LogP contribution in [0.25, 0.3) is 22.6 Å². The fourth-order valence-corrected chi connectivity index (χ4v) is 2.21. The average Bonchev–Trinajstić information content (AvgIpc) is 2.70. The molecule has 90 valence electrons. The van der Waals surface area contributed by atoms with Gasteiger partial charge in [0.25, 0.3) is 0 Å². The number of pyridine rings is 1. The Morgan fingerprint density at radius 2 is 2.00 bits per heavy atom. The van der Waals surface area contributed by atoms with Gasteiger partial charge in [-0.15, -0.1) is 0 Å². The summed E-state index contributed by atoms with van der Waals surface area (Å²) >= 11 is 6.05. The van der Waals surface area contributed by atoms with Crippen molar-refractivity contribution in [2.45, 2.75) is 6.92 Å². The summed E-state index contributed by atoms with van der Waals surface area (Å²) in [6.07, 6.45) is 0. The molecule has 0 bridgehead atoms. The van der Waals surface area contributed by atoms with Gasteiger partial charge < -0.3 is 10.7 Å². The Morgan fingerprint density at radius 1 is 1.17 bits per heavy atom. The highest BCUT2D eigenvalue weighted by atomic mass is 35.5. The Labute approximate surface area is 109 Å². The number of nitrogens with zero attached hydrogens (tertiary/aromatic N) is 2. The van der Waals surface area contributed by atoms with Crippen molar-refractivity contribution in [2.75, 3.05) is 5.73 Å². The first-order valence-corrected chi connectivity index (χ1v) is 5.89. The largest absolute Gasteiger partial charge is 0.384 e. The number of H-pyrrole nitrogens is 1. The van der Waals surface area contributed by atoms with Gasteiger partial charge in [0.2, 0.25) is 0 Å². The molecule has 0 atom stereocenters. The van der Waals surface area contributed by atoms with E-state index in [1.54, 1.807) is 6.07 Å². The lowest BCUT2D eigenvalue weighted by Crippen LogP contribution is -1.88. The molecule has 1 aromatic carbocycles. The first kappa shape index (κ1) is 11.0. The molecule has 0 aliphatic rings. The van der Waals surface area contributed by atoms with Crippen LogP contribution in [0.2, 0.25) is 5.02 Å². The molecule has 0 amide bonds. The molecule has 0 saturated heterocycles. The lowest BCUT2D eigenvalue weighted by molar-refractivity contribution is 1.30. The SMILES string of the molecule is Cc1cc(Cl)cc(-c2nc3nc(N)ccc3[nH]2)c1. The summed E-state index contributed by atoms with van der Waals surface area (Å²) in [4.78, 5) is 11.8. The molecule has 4 nitrogen and oxygen atoms in total. The van der Waals surface area contributed by atoms with E-state index in [0.29, 0.717) is 16.5 Å². The average molecular weight is 259 g/mol. The maximum absolute atomic E-state index is 6.05. The van der Waals surface area contributed by atoms with Crippen LogP contribution in [0, 0.1) is 6.92 Å². The molecular formula is C13H11ClN4. The number of anilines is 1. The summed E-state index contributed by atoms with van der Waals surface area (Å²) in [6.45, 7) is 1.99. The van der Waals surface area contributed by atoms with Crippen molar-refractivity contribution in [3.63, 3.8) is 0 Å². The molecule has 3 rings (SSSR count). The second-order valence-corrected chi connectivity index (χ2v) is 4.65. The zero-order chi connectivity index (χ0) is 12.7. The minimum Gasteiger partial charge on any atom is -0.384 e. The van der Waals surface area contributed by atoms with Crippen LogP contribution < -0.4 is 5.73 Å². The zero-order valence-electron chi connectivity index (χ0n) is 9.74. The Balaban J connectivity index is 2.19. The second kappa shape index (κ2) is 3.99. The van der Waals surface area contributed by atoms with Crippen LogP contribution in [0.15, 0.2) is 30.3 Å². The summed E-state index contributed by atoms with van der Waals surface area (Å²) in [6, 6.07) is 9.41. The van der Waals surface area contributed by atoms with Gasteiger partial charge in [-0.2, -0.15) is 0 Å². The number of imidazole rings is 1. The fourth-order valence-electron chi connectivity index (χ4n) is 1.92. The number of nitrogen functional groups attached to an aromatic ring is 1. The maximum Gasteiger partial charge on any atom is 0.180 e. The standard InChI is InChI=1S/C13H11ClN4/c1-7-4-8(6-9(14)5-7)12-16-10-2-3-11(15)17-13(10)18-12/h2-6H,1H3,(H3,15,16,17,18). The predicted molar refractivity (Wildman–Crippen MR) is 73.5 cm³/mol. The number of hydrogen-bond donors (Lipinski definition) is 2. The topological polar surface area (TPSA) is 67.6 Å². The van der Waals surface area contributed by atoms with Gasteiger partial charge in [0, 0.05) is 10.6 Å². The molecule has 0 fully saturated rings. The van der Waals surface area contributed by atoms with E-state index < -0.39 is 0 Å². The Bertz CT molecular complexity index is 713. The van der Waals surface area contributed by atoms with Crippen molar-refractivity contribution in [3.8, 4) is 11.4 Å². The summed E-state index contributed by atoms with van der Waals surface area (Å²) in [7, 11) is 0. The lowest BCUT2D eigenvalue weighted by atomic mass is 10.1. The maximum atomic E-state index is 6.05. The molecule has 0 unspecified atom stereocenters. The number of fused-ring (bicyclic) bond motifs is 1. The number of hydrogen-bond acceptors (Lipinski definition) is 3. The Morgan fingerprint density at radius 3 is 2.78 bits per heavy atom. The monoisotopic (exact) mass is 258 g/mol. The zero-order valence-corrected chi connectivity index (χ0v) is 10.5. The van der Waals surface area contributed by atoms with Crippen molar-refractivity contribution < 1.29 is 0 Å². The molecule has 0 aliphatic carbocycles. The molecule has 2 heterocycles. The second-order valence-electron chi connectivity index (χ2n) is 4.21. The summed E-state index contributed by atoms with van der Waals surface area (Å²) in [5.41, 5.74) is 9.14. The number of aromatic amines is 1. The van der Waals surface area contributed by atoms with E-state index in [1.807, 2.05) is 31.2 Å². The van der Waals surface area contributed by atoms with Crippen molar-refractivity contribution in [2.24, 2.45) is 0 Å². The Hall–Kier alpha value is -2.07. The third-order valence-corrected chi connectivity index (χ3v) is 2.90. The van der Waals surface area contributed by atoms with Crippen LogP contribution in [0.5, 0.6) is 0 Å². The Kier molecular flexibility index (Phi) is 2.45. The first-order chi connectivity index (χ1) is 8.61. The number of benzene rings is 1. The molecular weight excluding hydrogens is 248 g/mol. The van der Waals surface area contributed by atoms with Gasteiger partial charge >= 0.3 is 0 Å². The van der Waals surface area contributed by atoms with Gasteiger partial charge in [0.15, 0.2) is 5.65 Å². The molecule has 3 aromatic rings. The van der Waals surface area contributed by atoms with Crippen molar-refractivity contribution in [1.29, 1.82) is 0 Å². The van der Waals surface area contributed by atoms with Crippen LogP contribution in [-0.4, -0.2) is 15.0 Å². The van der Waals surface area contributed by atoms with Crippen LogP contribution in [-0.2, 0) is 0 Å². The highest BCUT2D eigenvalue weighted by molar-refractivity contribution is 6.30. The number of aryl methyl sites for hydroxylation is 1. The van der Waals surface area contributed by atoms with Crippen molar-refractivity contribution >= 4 is 28.6 Å². The smallest absolute Gasteiger partial charge is 0.180 e. The number of nitrogens with one attached hydrogen (secondary N) is 1. The highest BCUT2D eigenvalue weighted by Crippen LogP contribution is 2.24. The number of halogens is 1. The van der Waals surface area contributed by atoms with E-state index in [1.165, 1.54) is 0 Å². The van der Waals surface area contributed by atoms with E-state index in [4.69, 9.17) is 17.3 Å². The summed E-state index contributed by atoms with van der Waals surface area (Å²) in [5.74, 6) is 1.21. The highest BCUT2D eigenvalue weighted by Gasteiger charge is 2.07.